The largest absolute Gasteiger partial charge is 0.356 e. The summed E-state index contributed by atoms with van der Waals surface area (Å²) < 4.78 is 0. The van der Waals surface area contributed by atoms with Gasteiger partial charge in [-0.15, -0.1) is 0 Å². The van der Waals surface area contributed by atoms with E-state index >= 15 is 0 Å². The predicted molar refractivity (Wildman–Crippen MR) is 44.5 cm³/mol. The molecule has 1 amide bonds. The van der Waals surface area contributed by atoms with Gasteiger partial charge in [0.05, 0.1) is 5.69 Å². The Morgan fingerprint density at radius 3 is 2.92 bits per heavy atom. The Balaban J connectivity index is 2.69. The predicted octanol–water partition coefficient (Wildman–Crippen LogP) is -0.538. The molecule has 5 nitrogen and oxygen atoms in total. The third-order valence-corrected chi connectivity index (χ3v) is 1.28. The molecule has 0 aliphatic heterocycles. The van der Waals surface area contributed by atoms with Crippen molar-refractivity contribution in [2.24, 2.45) is 0 Å². The molecule has 0 aliphatic rings. The number of carbonyl (C=O) groups excluding carboxylic acids is 1. The van der Waals surface area contributed by atoms with Crippen LogP contribution in [0, 0.1) is 0 Å². The normalized spacial score (nSPS) is 10.4. The molecule has 0 fully saturated rings. The van der Waals surface area contributed by atoms with Gasteiger partial charge < -0.3 is 15.3 Å². The molecular weight excluding hydrogens is 158 g/mol. The average Bonchev–Trinajstić information content (AvgIpc) is 2.47. The van der Waals surface area contributed by atoms with Crippen LogP contribution in [0.2, 0.25) is 0 Å². The summed E-state index contributed by atoms with van der Waals surface area (Å²) >= 11 is 0. The Morgan fingerprint density at radius 1 is 1.67 bits per heavy atom. The number of carbonyl (C=O) groups is 1. The Bertz CT molecular complexity index is 348. The first kappa shape index (κ1) is 8.32. The molecule has 0 bridgehead atoms. The molecule has 0 atom stereocenters. The molecule has 5 heteroatoms. The Labute approximate surface area is 68.5 Å². The van der Waals surface area contributed by atoms with E-state index < -0.39 is 0 Å². The molecule has 1 aromatic heterocycles. The van der Waals surface area contributed by atoms with Crippen LogP contribution in [0.4, 0.5) is 0 Å². The summed E-state index contributed by atoms with van der Waals surface area (Å²) in [6.45, 7) is 0. The molecule has 0 unspecified atom stereocenters. The van der Waals surface area contributed by atoms with Crippen molar-refractivity contribution in [3.05, 3.63) is 28.5 Å². The topological polar surface area (TPSA) is 77.8 Å². The SMILES string of the molecule is CNC(=O)C=Cc1c[nH]c(=O)[nH]1. The number of aromatic amines is 2. The number of amides is 1. The van der Waals surface area contributed by atoms with Crippen molar-refractivity contribution in [3.63, 3.8) is 0 Å². The first-order chi connectivity index (χ1) is 5.72. The highest BCUT2D eigenvalue weighted by Gasteiger charge is 1.91. The van der Waals surface area contributed by atoms with E-state index in [0.29, 0.717) is 5.69 Å². The molecule has 0 aliphatic carbocycles. The summed E-state index contributed by atoms with van der Waals surface area (Å²) in [5.74, 6) is -0.211. The van der Waals surface area contributed by atoms with Crippen LogP contribution < -0.4 is 11.0 Å². The van der Waals surface area contributed by atoms with Gasteiger partial charge in [-0.05, 0) is 6.08 Å². The van der Waals surface area contributed by atoms with E-state index in [1.54, 1.807) is 0 Å². The third kappa shape index (κ3) is 2.12. The molecule has 0 aromatic carbocycles. The molecule has 0 saturated carbocycles. The van der Waals surface area contributed by atoms with Crippen molar-refractivity contribution >= 4 is 12.0 Å². The van der Waals surface area contributed by atoms with E-state index in [1.807, 2.05) is 0 Å². The summed E-state index contributed by atoms with van der Waals surface area (Å²) in [6.07, 6.45) is 4.33. The maximum absolute atomic E-state index is 10.7. The molecular formula is C7H9N3O2. The zero-order chi connectivity index (χ0) is 8.97. The quantitative estimate of drug-likeness (QED) is 0.517. The minimum atomic E-state index is -0.286. The fourth-order valence-electron chi connectivity index (χ4n) is 0.685. The van der Waals surface area contributed by atoms with Crippen molar-refractivity contribution in [2.45, 2.75) is 0 Å². The van der Waals surface area contributed by atoms with Crippen molar-refractivity contribution in [1.29, 1.82) is 0 Å². The van der Waals surface area contributed by atoms with Crippen LogP contribution in [0.25, 0.3) is 6.08 Å². The highest BCUT2D eigenvalue weighted by atomic mass is 16.1. The first-order valence-electron chi connectivity index (χ1n) is 3.40. The van der Waals surface area contributed by atoms with Gasteiger partial charge in [0.25, 0.3) is 0 Å². The summed E-state index contributed by atoms with van der Waals surface area (Å²) in [4.78, 5) is 26.1. The fourth-order valence-corrected chi connectivity index (χ4v) is 0.685. The number of likely N-dealkylation sites (N-methyl/N-ethyl adjacent to an activating group) is 1. The second-order valence-electron chi connectivity index (χ2n) is 2.15. The van der Waals surface area contributed by atoms with Gasteiger partial charge in [0.1, 0.15) is 0 Å². The van der Waals surface area contributed by atoms with E-state index in [1.165, 1.54) is 25.4 Å². The van der Waals surface area contributed by atoms with Gasteiger partial charge >= 0.3 is 5.69 Å². The molecule has 3 N–H and O–H groups in total. The van der Waals surface area contributed by atoms with E-state index in [0.717, 1.165) is 0 Å². The molecule has 1 rings (SSSR count). The van der Waals surface area contributed by atoms with Gasteiger partial charge in [-0.1, -0.05) is 0 Å². The second-order valence-corrected chi connectivity index (χ2v) is 2.15. The monoisotopic (exact) mass is 167 g/mol. The number of H-pyrrole nitrogens is 2. The summed E-state index contributed by atoms with van der Waals surface area (Å²) in [6, 6.07) is 0. The van der Waals surface area contributed by atoms with Gasteiger partial charge in [0.2, 0.25) is 5.91 Å². The van der Waals surface area contributed by atoms with Crippen LogP contribution in [-0.4, -0.2) is 22.9 Å². The Morgan fingerprint density at radius 2 is 2.42 bits per heavy atom. The molecule has 64 valence electrons. The van der Waals surface area contributed by atoms with Gasteiger partial charge in [0.15, 0.2) is 0 Å². The van der Waals surface area contributed by atoms with Crippen LogP contribution in [-0.2, 0) is 4.79 Å². The Kier molecular flexibility index (Phi) is 2.47. The van der Waals surface area contributed by atoms with E-state index in [-0.39, 0.29) is 11.6 Å². The van der Waals surface area contributed by atoms with Crippen molar-refractivity contribution in [1.82, 2.24) is 15.3 Å². The number of aromatic nitrogens is 2. The molecule has 12 heavy (non-hydrogen) atoms. The van der Waals surface area contributed by atoms with Gasteiger partial charge in [-0.3, -0.25) is 4.79 Å². The van der Waals surface area contributed by atoms with E-state index in [2.05, 4.69) is 15.3 Å². The molecule has 1 heterocycles. The second kappa shape index (κ2) is 3.56. The fraction of sp³-hybridized carbons (Fsp3) is 0.143. The lowest BCUT2D eigenvalue weighted by Gasteiger charge is -1.87. The zero-order valence-corrected chi connectivity index (χ0v) is 6.55. The lowest BCUT2D eigenvalue weighted by molar-refractivity contribution is -0.115. The van der Waals surface area contributed by atoms with E-state index in [4.69, 9.17) is 0 Å². The maximum Gasteiger partial charge on any atom is 0.323 e. The van der Waals surface area contributed by atoms with Crippen LogP contribution >= 0.6 is 0 Å². The van der Waals surface area contributed by atoms with Crippen LogP contribution in [0.15, 0.2) is 17.1 Å². The lowest BCUT2D eigenvalue weighted by Crippen LogP contribution is -2.13. The highest BCUT2D eigenvalue weighted by Crippen LogP contribution is 1.90. The van der Waals surface area contributed by atoms with Crippen LogP contribution in [0.3, 0.4) is 0 Å². The van der Waals surface area contributed by atoms with E-state index in [9.17, 15) is 9.59 Å². The van der Waals surface area contributed by atoms with Crippen LogP contribution in [0.5, 0.6) is 0 Å². The van der Waals surface area contributed by atoms with Crippen molar-refractivity contribution < 1.29 is 4.79 Å². The number of rotatable bonds is 2. The number of nitrogens with one attached hydrogen (secondary N) is 3. The summed E-state index contributed by atoms with van der Waals surface area (Å²) in [7, 11) is 1.53. The number of imidazole rings is 1. The minimum absolute atomic E-state index is 0.211. The maximum atomic E-state index is 10.7. The van der Waals surface area contributed by atoms with Crippen molar-refractivity contribution in [3.8, 4) is 0 Å². The molecule has 0 saturated heterocycles. The standard InChI is InChI=1S/C7H9N3O2/c1-8-6(11)3-2-5-4-9-7(12)10-5/h2-4H,1H3,(H,8,11)(H2,9,10,12). The van der Waals surface area contributed by atoms with Crippen LogP contribution in [0.1, 0.15) is 5.69 Å². The first-order valence-corrected chi connectivity index (χ1v) is 3.40. The third-order valence-electron chi connectivity index (χ3n) is 1.28. The van der Waals surface area contributed by atoms with Gasteiger partial charge in [-0.2, -0.15) is 0 Å². The van der Waals surface area contributed by atoms with Crippen molar-refractivity contribution in [2.75, 3.05) is 7.05 Å². The highest BCUT2D eigenvalue weighted by molar-refractivity contribution is 5.91. The summed E-state index contributed by atoms with van der Waals surface area (Å²) in [5, 5.41) is 2.41. The molecule has 0 radical (unpaired) electrons. The smallest absolute Gasteiger partial charge is 0.323 e. The Hall–Kier alpha value is -1.78. The minimum Gasteiger partial charge on any atom is -0.356 e. The number of hydrogen-bond donors (Lipinski definition) is 3. The lowest BCUT2D eigenvalue weighted by atomic mass is 10.4. The molecule has 0 spiro atoms. The zero-order valence-electron chi connectivity index (χ0n) is 6.55. The number of hydrogen-bond acceptors (Lipinski definition) is 2. The molecule has 1 aromatic rings. The average molecular weight is 167 g/mol. The summed E-state index contributed by atoms with van der Waals surface area (Å²) in [5.41, 5.74) is 0.287. The van der Waals surface area contributed by atoms with Gasteiger partial charge in [0, 0.05) is 19.3 Å². The van der Waals surface area contributed by atoms with Gasteiger partial charge in [-0.25, -0.2) is 4.79 Å².